The summed E-state index contributed by atoms with van der Waals surface area (Å²) in [6, 6.07) is 5.87. The Morgan fingerprint density at radius 3 is 3.05 bits per heavy atom. The maximum Gasteiger partial charge on any atom is 0.188 e. The Hall–Kier alpha value is -1.62. The molecule has 5 nitrogen and oxygen atoms in total. The van der Waals surface area contributed by atoms with E-state index in [0.717, 1.165) is 37.9 Å². The van der Waals surface area contributed by atoms with Crippen molar-refractivity contribution in [2.24, 2.45) is 16.6 Å². The minimum absolute atomic E-state index is 0.204. The minimum atomic E-state index is -0.204. The number of nitrogens with one attached hydrogen (secondary N) is 1. The SMILES string of the molecule is NC(=NCC1CCCC1O)NCCc1ccccn1. The predicted molar refractivity (Wildman–Crippen MR) is 75.8 cm³/mol. The topological polar surface area (TPSA) is 83.5 Å². The first-order valence-corrected chi connectivity index (χ1v) is 6.87. The van der Waals surface area contributed by atoms with Crippen LogP contribution in [0.2, 0.25) is 0 Å². The fourth-order valence-corrected chi connectivity index (χ4v) is 2.37. The zero-order chi connectivity index (χ0) is 13.5. The molecule has 4 N–H and O–H groups in total. The van der Waals surface area contributed by atoms with E-state index in [1.807, 2.05) is 18.2 Å². The molecule has 0 radical (unpaired) electrons. The first-order valence-electron chi connectivity index (χ1n) is 6.87. The van der Waals surface area contributed by atoms with Crippen molar-refractivity contribution in [3.63, 3.8) is 0 Å². The van der Waals surface area contributed by atoms with Crippen LogP contribution in [-0.2, 0) is 6.42 Å². The van der Waals surface area contributed by atoms with Gasteiger partial charge >= 0.3 is 0 Å². The molecule has 0 aromatic carbocycles. The summed E-state index contributed by atoms with van der Waals surface area (Å²) in [6.45, 7) is 1.34. The van der Waals surface area contributed by atoms with Crippen LogP contribution >= 0.6 is 0 Å². The van der Waals surface area contributed by atoms with E-state index in [9.17, 15) is 5.11 Å². The van der Waals surface area contributed by atoms with Gasteiger partial charge in [-0.15, -0.1) is 0 Å². The van der Waals surface area contributed by atoms with Gasteiger partial charge in [-0.25, -0.2) is 0 Å². The quantitative estimate of drug-likeness (QED) is 0.538. The van der Waals surface area contributed by atoms with Crippen molar-refractivity contribution in [3.05, 3.63) is 30.1 Å². The van der Waals surface area contributed by atoms with Crippen LogP contribution in [0.3, 0.4) is 0 Å². The van der Waals surface area contributed by atoms with Crippen LogP contribution in [0.15, 0.2) is 29.4 Å². The third-order valence-electron chi connectivity index (χ3n) is 3.53. The van der Waals surface area contributed by atoms with E-state index in [1.54, 1.807) is 6.20 Å². The average Bonchev–Trinajstić information content (AvgIpc) is 2.83. The van der Waals surface area contributed by atoms with E-state index in [1.165, 1.54) is 0 Å². The number of aliphatic hydroxyl groups is 1. The summed E-state index contributed by atoms with van der Waals surface area (Å²) in [5.41, 5.74) is 6.83. The highest BCUT2D eigenvalue weighted by Crippen LogP contribution is 2.25. The summed E-state index contributed by atoms with van der Waals surface area (Å²) in [4.78, 5) is 8.53. The van der Waals surface area contributed by atoms with Crippen LogP contribution in [-0.4, -0.2) is 35.2 Å². The number of guanidine groups is 1. The van der Waals surface area contributed by atoms with Crippen LogP contribution < -0.4 is 11.1 Å². The molecule has 0 bridgehead atoms. The van der Waals surface area contributed by atoms with Gasteiger partial charge in [-0.1, -0.05) is 12.5 Å². The number of hydrogen-bond donors (Lipinski definition) is 3. The van der Waals surface area contributed by atoms with Crippen molar-refractivity contribution < 1.29 is 5.11 Å². The maximum absolute atomic E-state index is 9.69. The molecule has 1 aliphatic carbocycles. The standard InChI is InChI=1S/C14H22N4O/c15-14(18-10-11-4-3-6-13(11)19)17-9-7-12-5-1-2-8-16-12/h1-2,5,8,11,13,19H,3-4,6-7,9-10H2,(H3,15,17,18). The molecule has 0 aliphatic heterocycles. The fourth-order valence-electron chi connectivity index (χ4n) is 2.37. The van der Waals surface area contributed by atoms with Crippen molar-refractivity contribution in [2.45, 2.75) is 31.8 Å². The third-order valence-corrected chi connectivity index (χ3v) is 3.53. The second-order valence-electron chi connectivity index (χ2n) is 4.98. The summed E-state index contributed by atoms with van der Waals surface area (Å²) in [6.07, 6.45) is 5.44. The van der Waals surface area contributed by atoms with Crippen molar-refractivity contribution in [1.82, 2.24) is 10.3 Å². The number of hydrogen-bond acceptors (Lipinski definition) is 3. The van der Waals surface area contributed by atoms with Gasteiger partial charge in [0.25, 0.3) is 0 Å². The molecule has 1 aromatic heterocycles. The van der Waals surface area contributed by atoms with Gasteiger partial charge in [-0.2, -0.15) is 0 Å². The van der Waals surface area contributed by atoms with Gasteiger partial charge in [-0.05, 0) is 25.0 Å². The molecule has 0 amide bonds. The Labute approximate surface area is 114 Å². The molecule has 1 saturated carbocycles. The van der Waals surface area contributed by atoms with Crippen molar-refractivity contribution in [3.8, 4) is 0 Å². The number of aliphatic hydroxyl groups excluding tert-OH is 1. The molecule has 0 saturated heterocycles. The molecule has 1 aliphatic rings. The molecule has 1 aromatic rings. The van der Waals surface area contributed by atoms with Gasteiger partial charge in [0.2, 0.25) is 0 Å². The number of pyridine rings is 1. The molecule has 1 fully saturated rings. The first-order chi connectivity index (χ1) is 9.25. The summed E-state index contributed by atoms with van der Waals surface area (Å²) in [5, 5.41) is 12.8. The van der Waals surface area contributed by atoms with Crippen LogP contribution in [0.4, 0.5) is 0 Å². The van der Waals surface area contributed by atoms with Gasteiger partial charge in [0, 0.05) is 37.3 Å². The summed E-state index contributed by atoms with van der Waals surface area (Å²) in [5.74, 6) is 0.728. The molecule has 5 heteroatoms. The molecular formula is C14H22N4O. The smallest absolute Gasteiger partial charge is 0.188 e. The number of nitrogens with zero attached hydrogens (tertiary/aromatic N) is 2. The van der Waals surface area contributed by atoms with Crippen molar-refractivity contribution in [1.29, 1.82) is 0 Å². The van der Waals surface area contributed by atoms with E-state index < -0.39 is 0 Å². The highest BCUT2D eigenvalue weighted by molar-refractivity contribution is 5.77. The Morgan fingerprint density at radius 2 is 2.37 bits per heavy atom. The monoisotopic (exact) mass is 262 g/mol. The maximum atomic E-state index is 9.69. The summed E-state index contributed by atoms with van der Waals surface area (Å²) < 4.78 is 0. The molecule has 0 spiro atoms. The molecular weight excluding hydrogens is 240 g/mol. The average molecular weight is 262 g/mol. The highest BCUT2D eigenvalue weighted by Gasteiger charge is 2.24. The highest BCUT2D eigenvalue weighted by atomic mass is 16.3. The van der Waals surface area contributed by atoms with E-state index in [4.69, 9.17) is 5.73 Å². The van der Waals surface area contributed by atoms with Crippen LogP contribution in [0.1, 0.15) is 25.0 Å². The second-order valence-corrected chi connectivity index (χ2v) is 4.98. The van der Waals surface area contributed by atoms with Gasteiger partial charge in [0.05, 0.1) is 6.10 Å². The van der Waals surface area contributed by atoms with Gasteiger partial charge in [0.15, 0.2) is 5.96 Å². The lowest BCUT2D eigenvalue weighted by atomic mass is 10.1. The van der Waals surface area contributed by atoms with Crippen molar-refractivity contribution >= 4 is 5.96 Å². The van der Waals surface area contributed by atoms with Crippen molar-refractivity contribution in [2.75, 3.05) is 13.1 Å². The lowest BCUT2D eigenvalue weighted by Gasteiger charge is -2.12. The molecule has 19 heavy (non-hydrogen) atoms. The fraction of sp³-hybridized carbons (Fsp3) is 0.571. The van der Waals surface area contributed by atoms with Gasteiger partial charge in [0.1, 0.15) is 0 Å². The largest absolute Gasteiger partial charge is 0.393 e. The van der Waals surface area contributed by atoms with E-state index in [-0.39, 0.29) is 12.0 Å². The second kappa shape index (κ2) is 7.09. The molecule has 104 valence electrons. The lowest BCUT2D eigenvalue weighted by molar-refractivity contribution is 0.136. The number of aliphatic imine (C=N–C) groups is 1. The van der Waals surface area contributed by atoms with E-state index in [0.29, 0.717) is 12.5 Å². The van der Waals surface area contributed by atoms with Crippen LogP contribution in [0.5, 0.6) is 0 Å². The number of rotatable bonds is 5. The van der Waals surface area contributed by atoms with Crippen LogP contribution in [0, 0.1) is 5.92 Å². The predicted octanol–water partition coefficient (Wildman–Crippen LogP) is 0.689. The summed E-state index contributed by atoms with van der Waals surface area (Å²) in [7, 11) is 0. The number of nitrogens with two attached hydrogens (primary N) is 1. The Kier molecular flexibility index (Phi) is 5.15. The Balaban J connectivity index is 1.67. The van der Waals surface area contributed by atoms with Crippen LogP contribution in [0.25, 0.3) is 0 Å². The Morgan fingerprint density at radius 1 is 1.47 bits per heavy atom. The minimum Gasteiger partial charge on any atom is -0.393 e. The van der Waals surface area contributed by atoms with E-state index in [2.05, 4.69) is 15.3 Å². The lowest BCUT2D eigenvalue weighted by Crippen LogP contribution is -2.34. The molecule has 2 atom stereocenters. The zero-order valence-corrected chi connectivity index (χ0v) is 11.1. The Bertz CT molecular complexity index is 407. The summed E-state index contributed by atoms with van der Waals surface area (Å²) >= 11 is 0. The normalized spacial score (nSPS) is 23.5. The third kappa shape index (κ3) is 4.52. The molecule has 2 unspecified atom stereocenters. The van der Waals surface area contributed by atoms with Gasteiger partial charge in [-0.3, -0.25) is 9.98 Å². The molecule has 1 heterocycles. The van der Waals surface area contributed by atoms with Gasteiger partial charge < -0.3 is 16.2 Å². The molecule has 2 rings (SSSR count). The zero-order valence-electron chi connectivity index (χ0n) is 11.1. The van der Waals surface area contributed by atoms with E-state index >= 15 is 0 Å². The number of aromatic nitrogens is 1. The first kappa shape index (κ1) is 13.8.